The van der Waals surface area contributed by atoms with Crippen molar-refractivity contribution in [1.29, 1.82) is 0 Å². The number of amides is 1. The molecule has 0 unspecified atom stereocenters. The molecule has 0 saturated carbocycles. The second-order valence-corrected chi connectivity index (χ2v) is 7.47. The summed E-state index contributed by atoms with van der Waals surface area (Å²) in [4.78, 5) is 21.4. The Kier molecular flexibility index (Phi) is 4.63. The standard InChI is InChI=1S/C18H14BrN5O2S/c1-10-7-8-27-14(10)17(25)22-11-3-5-12(6-4-11)26-18-13-15(19)23-24(2)16(13)20-9-21-18/h3-9H,1-2H3,(H,22,25). The van der Waals surface area contributed by atoms with E-state index in [1.807, 2.05) is 18.4 Å². The van der Waals surface area contributed by atoms with Crippen LogP contribution in [0, 0.1) is 6.92 Å². The van der Waals surface area contributed by atoms with Crippen LogP contribution < -0.4 is 10.1 Å². The molecule has 7 nitrogen and oxygen atoms in total. The minimum absolute atomic E-state index is 0.118. The van der Waals surface area contributed by atoms with Crippen molar-refractivity contribution in [3.8, 4) is 11.6 Å². The Labute approximate surface area is 167 Å². The van der Waals surface area contributed by atoms with Gasteiger partial charge in [-0.2, -0.15) is 5.10 Å². The number of thiophene rings is 1. The third-order valence-corrected chi connectivity index (χ3v) is 5.51. The van der Waals surface area contributed by atoms with Gasteiger partial charge in [0, 0.05) is 12.7 Å². The Hall–Kier alpha value is -2.78. The van der Waals surface area contributed by atoms with Gasteiger partial charge in [0.15, 0.2) is 5.65 Å². The molecule has 0 saturated heterocycles. The summed E-state index contributed by atoms with van der Waals surface area (Å²) in [6.07, 6.45) is 1.43. The maximum Gasteiger partial charge on any atom is 0.265 e. The molecule has 3 aromatic heterocycles. The van der Waals surface area contributed by atoms with Gasteiger partial charge < -0.3 is 10.1 Å². The molecule has 0 atom stereocenters. The molecule has 0 bridgehead atoms. The monoisotopic (exact) mass is 443 g/mol. The van der Waals surface area contributed by atoms with Crippen LogP contribution in [0.3, 0.4) is 0 Å². The molecule has 3 heterocycles. The molecule has 9 heteroatoms. The minimum Gasteiger partial charge on any atom is -0.438 e. The van der Waals surface area contributed by atoms with Gasteiger partial charge in [0.2, 0.25) is 5.88 Å². The second kappa shape index (κ2) is 7.09. The molecule has 1 aromatic carbocycles. The molecular formula is C18H14BrN5O2S. The number of benzene rings is 1. The predicted octanol–water partition coefficient (Wildman–Crippen LogP) is 4.54. The summed E-state index contributed by atoms with van der Waals surface area (Å²) in [7, 11) is 1.80. The molecule has 4 aromatic rings. The topological polar surface area (TPSA) is 81.9 Å². The van der Waals surface area contributed by atoms with E-state index in [4.69, 9.17) is 4.74 Å². The Morgan fingerprint density at radius 1 is 1.22 bits per heavy atom. The summed E-state index contributed by atoms with van der Waals surface area (Å²) in [6.45, 7) is 1.92. The van der Waals surface area contributed by atoms with Crippen LogP contribution in [-0.4, -0.2) is 25.7 Å². The van der Waals surface area contributed by atoms with Gasteiger partial charge in [-0.1, -0.05) is 0 Å². The summed E-state index contributed by atoms with van der Waals surface area (Å²) in [6, 6.07) is 9.04. The minimum atomic E-state index is -0.118. The van der Waals surface area contributed by atoms with Crippen molar-refractivity contribution < 1.29 is 9.53 Å². The highest BCUT2D eigenvalue weighted by molar-refractivity contribution is 9.10. The lowest BCUT2D eigenvalue weighted by Gasteiger charge is -2.08. The summed E-state index contributed by atoms with van der Waals surface area (Å²) in [5.41, 5.74) is 2.32. The molecule has 0 radical (unpaired) electrons. The Bertz CT molecular complexity index is 1140. The molecule has 136 valence electrons. The fraction of sp³-hybridized carbons (Fsp3) is 0.111. The van der Waals surface area contributed by atoms with Crippen LogP contribution >= 0.6 is 27.3 Å². The fourth-order valence-electron chi connectivity index (χ4n) is 2.60. The number of hydrogen-bond donors (Lipinski definition) is 1. The molecule has 0 fully saturated rings. The van der Waals surface area contributed by atoms with E-state index in [1.165, 1.54) is 17.7 Å². The molecule has 1 amide bonds. The fourth-order valence-corrected chi connectivity index (χ4v) is 4.01. The molecule has 0 spiro atoms. The highest BCUT2D eigenvalue weighted by Gasteiger charge is 2.15. The smallest absolute Gasteiger partial charge is 0.265 e. The number of carbonyl (C=O) groups is 1. The number of nitrogens with one attached hydrogen (secondary N) is 1. The van der Waals surface area contributed by atoms with Gasteiger partial charge in [-0.05, 0) is 64.1 Å². The summed E-state index contributed by atoms with van der Waals surface area (Å²) in [5.74, 6) is 0.884. The largest absolute Gasteiger partial charge is 0.438 e. The molecule has 0 aliphatic heterocycles. The summed E-state index contributed by atoms with van der Waals surface area (Å²) >= 11 is 4.83. The number of ether oxygens (including phenoxy) is 1. The number of hydrogen-bond acceptors (Lipinski definition) is 6. The van der Waals surface area contributed by atoms with E-state index < -0.39 is 0 Å². The zero-order chi connectivity index (χ0) is 19.0. The van der Waals surface area contributed by atoms with Crippen molar-refractivity contribution in [2.75, 3.05) is 5.32 Å². The second-order valence-electron chi connectivity index (χ2n) is 5.81. The van der Waals surface area contributed by atoms with Gasteiger partial charge in [-0.15, -0.1) is 11.3 Å². The maximum atomic E-state index is 12.3. The summed E-state index contributed by atoms with van der Waals surface area (Å²) < 4.78 is 8.16. The van der Waals surface area contributed by atoms with Crippen LogP contribution in [0.15, 0.2) is 46.6 Å². The van der Waals surface area contributed by atoms with Gasteiger partial charge in [-0.3, -0.25) is 4.79 Å². The number of anilines is 1. The first kappa shape index (κ1) is 17.6. The van der Waals surface area contributed by atoms with E-state index in [9.17, 15) is 4.79 Å². The van der Waals surface area contributed by atoms with Crippen molar-refractivity contribution in [3.63, 3.8) is 0 Å². The van der Waals surface area contributed by atoms with Crippen molar-refractivity contribution in [2.24, 2.45) is 7.05 Å². The number of halogens is 1. The lowest BCUT2D eigenvalue weighted by Crippen LogP contribution is -2.11. The molecule has 1 N–H and O–H groups in total. The van der Waals surface area contributed by atoms with Crippen LogP contribution in [0.5, 0.6) is 11.6 Å². The number of aromatic nitrogens is 4. The lowest BCUT2D eigenvalue weighted by molar-refractivity contribution is 0.103. The zero-order valence-electron chi connectivity index (χ0n) is 14.4. The van der Waals surface area contributed by atoms with Crippen molar-refractivity contribution in [1.82, 2.24) is 19.7 Å². The van der Waals surface area contributed by atoms with Gasteiger partial charge in [0.1, 0.15) is 22.1 Å². The zero-order valence-corrected chi connectivity index (χ0v) is 16.8. The van der Waals surface area contributed by atoms with E-state index in [-0.39, 0.29) is 5.91 Å². The quantitative estimate of drug-likeness (QED) is 0.500. The first-order valence-corrected chi connectivity index (χ1v) is 9.67. The normalized spacial score (nSPS) is 10.9. The van der Waals surface area contributed by atoms with Gasteiger partial charge >= 0.3 is 0 Å². The number of aryl methyl sites for hydroxylation is 2. The van der Waals surface area contributed by atoms with Gasteiger partial charge in [-0.25, -0.2) is 14.6 Å². The average molecular weight is 444 g/mol. The number of fused-ring (bicyclic) bond motifs is 1. The van der Waals surface area contributed by atoms with Crippen molar-refractivity contribution in [2.45, 2.75) is 6.92 Å². The highest BCUT2D eigenvalue weighted by atomic mass is 79.9. The maximum absolute atomic E-state index is 12.3. The van der Waals surface area contributed by atoms with Gasteiger partial charge in [0.25, 0.3) is 5.91 Å². The van der Waals surface area contributed by atoms with E-state index in [2.05, 4.69) is 36.3 Å². The number of carbonyl (C=O) groups excluding carboxylic acids is 1. The highest BCUT2D eigenvalue weighted by Crippen LogP contribution is 2.32. The van der Waals surface area contributed by atoms with Crippen LogP contribution in [-0.2, 0) is 7.05 Å². The molecular weight excluding hydrogens is 430 g/mol. The van der Waals surface area contributed by atoms with E-state index in [0.717, 1.165) is 5.56 Å². The van der Waals surface area contributed by atoms with Crippen LogP contribution in [0.4, 0.5) is 5.69 Å². The van der Waals surface area contributed by atoms with Gasteiger partial charge in [0.05, 0.1) is 4.88 Å². The van der Waals surface area contributed by atoms with Crippen LogP contribution in [0.1, 0.15) is 15.2 Å². The number of rotatable bonds is 4. The molecule has 4 rings (SSSR count). The summed E-state index contributed by atoms with van der Waals surface area (Å²) in [5, 5.41) is 9.77. The first-order valence-electron chi connectivity index (χ1n) is 7.99. The Morgan fingerprint density at radius 3 is 2.70 bits per heavy atom. The van der Waals surface area contributed by atoms with E-state index in [1.54, 1.807) is 36.0 Å². The van der Waals surface area contributed by atoms with Crippen molar-refractivity contribution >= 4 is 49.9 Å². The molecule has 0 aliphatic rings. The molecule has 27 heavy (non-hydrogen) atoms. The van der Waals surface area contributed by atoms with Crippen molar-refractivity contribution in [3.05, 3.63) is 57.1 Å². The predicted molar refractivity (Wildman–Crippen MR) is 108 cm³/mol. The van der Waals surface area contributed by atoms with E-state index >= 15 is 0 Å². The SMILES string of the molecule is Cc1ccsc1C(=O)Nc1ccc(Oc2ncnc3c2c(Br)nn3C)cc1. The third kappa shape index (κ3) is 3.43. The molecule has 0 aliphatic carbocycles. The third-order valence-electron chi connectivity index (χ3n) is 3.94. The average Bonchev–Trinajstić information content (AvgIpc) is 3.21. The van der Waals surface area contributed by atoms with Crippen LogP contribution in [0.25, 0.3) is 11.0 Å². The lowest BCUT2D eigenvalue weighted by atomic mass is 10.2. The Morgan fingerprint density at radius 2 is 2.00 bits per heavy atom. The van der Waals surface area contributed by atoms with E-state index in [0.29, 0.717) is 37.8 Å². The first-order chi connectivity index (χ1) is 13.0. The Balaban J connectivity index is 1.54. The number of nitrogens with zero attached hydrogens (tertiary/aromatic N) is 4. The van der Waals surface area contributed by atoms with Crippen LogP contribution in [0.2, 0.25) is 0 Å².